The highest BCUT2D eigenvalue weighted by Gasteiger charge is 2.27. The number of amides is 1. The minimum Gasteiger partial charge on any atom is -0.336 e. The van der Waals surface area contributed by atoms with Gasteiger partial charge in [0.05, 0.1) is 11.7 Å². The lowest BCUT2D eigenvalue weighted by Gasteiger charge is -2.35. The van der Waals surface area contributed by atoms with Gasteiger partial charge in [-0.1, -0.05) is 24.3 Å². The van der Waals surface area contributed by atoms with E-state index in [2.05, 4.69) is 41.4 Å². The number of aryl methyl sites for hydroxylation is 2. The molecule has 1 aromatic carbocycles. The molecule has 116 valence electrons. The van der Waals surface area contributed by atoms with Crippen molar-refractivity contribution in [3.8, 4) is 0 Å². The van der Waals surface area contributed by atoms with Crippen LogP contribution in [-0.4, -0.2) is 27.5 Å². The highest BCUT2D eigenvalue weighted by molar-refractivity contribution is 5.77. The van der Waals surface area contributed by atoms with Gasteiger partial charge in [0.1, 0.15) is 0 Å². The number of carbonyl (C=O) groups excluding carboxylic acids is 1. The van der Waals surface area contributed by atoms with Crippen molar-refractivity contribution in [2.24, 2.45) is 0 Å². The molecule has 0 bridgehead atoms. The first kappa shape index (κ1) is 14.8. The van der Waals surface area contributed by atoms with Gasteiger partial charge >= 0.3 is 0 Å². The second-order valence-corrected chi connectivity index (χ2v) is 6.12. The molecule has 2 heterocycles. The smallest absolute Gasteiger partial charge is 0.223 e. The Kier molecular flexibility index (Phi) is 4.01. The van der Waals surface area contributed by atoms with Crippen LogP contribution >= 0.6 is 0 Å². The van der Waals surface area contributed by atoms with Crippen molar-refractivity contribution in [2.75, 3.05) is 6.54 Å². The lowest BCUT2D eigenvalue weighted by Crippen LogP contribution is -2.38. The molecule has 1 atom stereocenters. The number of H-pyrrole nitrogens is 1. The lowest BCUT2D eigenvalue weighted by atomic mass is 9.93. The number of nitrogens with one attached hydrogen (secondary N) is 1. The predicted octanol–water partition coefficient (Wildman–Crippen LogP) is 3.11. The van der Waals surface area contributed by atoms with Crippen molar-refractivity contribution in [3.05, 3.63) is 52.3 Å². The number of carbonyl (C=O) groups is 1. The minimum atomic E-state index is 0.170. The van der Waals surface area contributed by atoms with Crippen molar-refractivity contribution >= 4 is 5.91 Å². The fraction of sp³-hybridized carbons (Fsp3) is 0.444. The molecule has 0 fully saturated rings. The summed E-state index contributed by atoms with van der Waals surface area (Å²) in [5.41, 5.74) is 5.92. The second kappa shape index (κ2) is 5.95. The third kappa shape index (κ3) is 2.65. The highest BCUT2D eigenvalue weighted by atomic mass is 16.2. The van der Waals surface area contributed by atoms with Gasteiger partial charge in [0.2, 0.25) is 5.91 Å². The first-order chi connectivity index (χ1) is 10.6. The van der Waals surface area contributed by atoms with Gasteiger partial charge in [-0.15, -0.1) is 0 Å². The molecule has 1 aliphatic rings. The third-order valence-electron chi connectivity index (χ3n) is 4.78. The van der Waals surface area contributed by atoms with E-state index in [4.69, 9.17) is 0 Å². The first-order valence-corrected chi connectivity index (χ1v) is 7.95. The van der Waals surface area contributed by atoms with E-state index < -0.39 is 0 Å². The molecule has 0 radical (unpaired) electrons. The molecular weight excluding hydrogens is 274 g/mol. The van der Waals surface area contributed by atoms with E-state index in [0.29, 0.717) is 6.42 Å². The van der Waals surface area contributed by atoms with E-state index >= 15 is 0 Å². The van der Waals surface area contributed by atoms with Crippen LogP contribution in [0.3, 0.4) is 0 Å². The van der Waals surface area contributed by atoms with Gasteiger partial charge in [-0.05, 0) is 50.3 Å². The number of fused-ring (bicyclic) bond motifs is 1. The summed E-state index contributed by atoms with van der Waals surface area (Å²) >= 11 is 0. The van der Waals surface area contributed by atoms with Gasteiger partial charge in [-0.2, -0.15) is 5.10 Å². The number of hydrogen-bond acceptors (Lipinski definition) is 2. The van der Waals surface area contributed by atoms with Crippen molar-refractivity contribution in [1.29, 1.82) is 0 Å². The number of rotatable bonds is 3. The zero-order valence-electron chi connectivity index (χ0n) is 13.5. The van der Waals surface area contributed by atoms with E-state index in [1.807, 2.05) is 18.7 Å². The summed E-state index contributed by atoms with van der Waals surface area (Å²) in [6.45, 7) is 6.95. The molecule has 4 nitrogen and oxygen atoms in total. The summed E-state index contributed by atoms with van der Waals surface area (Å²) in [5, 5.41) is 7.19. The summed E-state index contributed by atoms with van der Waals surface area (Å²) in [4.78, 5) is 14.7. The molecule has 0 saturated carbocycles. The molecule has 2 aromatic rings. The molecule has 4 heteroatoms. The quantitative estimate of drug-likeness (QED) is 0.946. The summed E-state index contributed by atoms with van der Waals surface area (Å²) in [5.74, 6) is 0.238. The summed E-state index contributed by atoms with van der Waals surface area (Å²) in [7, 11) is 0. The first-order valence-electron chi connectivity index (χ1n) is 7.95. The lowest BCUT2D eigenvalue weighted by molar-refractivity contribution is -0.133. The Labute approximate surface area is 131 Å². The number of aromatic nitrogens is 2. The minimum absolute atomic E-state index is 0.170. The van der Waals surface area contributed by atoms with E-state index in [0.717, 1.165) is 30.8 Å². The topological polar surface area (TPSA) is 49.0 Å². The van der Waals surface area contributed by atoms with Crippen LogP contribution in [0.25, 0.3) is 0 Å². The number of benzene rings is 1. The summed E-state index contributed by atoms with van der Waals surface area (Å²) in [6.07, 6.45) is 2.27. The van der Waals surface area contributed by atoms with E-state index in [9.17, 15) is 4.79 Å². The van der Waals surface area contributed by atoms with Crippen LogP contribution in [-0.2, 0) is 17.6 Å². The molecule has 1 unspecified atom stereocenters. The van der Waals surface area contributed by atoms with Gasteiger partial charge in [-0.25, -0.2) is 0 Å². The monoisotopic (exact) mass is 297 g/mol. The summed E-state index contributed by atoms with van der Waals surface area (Å²) in [6, 6.07) is 8.62. The molecule has 3 rings (SSSR count). The zero-order chi connectivity index (χ0) is 15.7. The van der Waals surface area contributed by atoms with E-state index in [1.165, 1.54) is 16.7 Å². The predicted molar refractivity (Wildman–Crippen MR) is 86.7 cm³/mol. The SMILES string of the molecule is Cc1n[nH]c(C)c1CCC(=O)N1CCc2ccccc2C1C. The normalized spacial score (nSPS) is 17.4. The standard InChI is InChI=1S/C18H23N3O/c1-12-16(13(2)20-19-12)8-9-18(22)21-11-10-15-6-4-5-7-17(15)14(21)3/h4-7,14H,8-11H2,1-3H3,(H,19,20). The van der Waals surface area contributed by atoms with Gasteiger partial charge < -0.3 is 4.90 Å². The zero-order valence-corrected chi connectivity index (χ0v) is 13.5. The molecule has 0 saturated heterocycles. The second-order valence-electron chi connectivity index (χ2n) is 6.12. The number of hydrogen-bond donors (Lipinski definition) is 1. The van der Waals surface area contributed by atoms with Crippen molar-refractivity contribution in [3.63, 3.8) is 0 Å². The van der Waals surface area contributed by atoms with Crippen LogP contribution in [0.15, 0.2) is 24.3 Å². The Hall–Kier alpha value is -2.10. The average molecular weight is 297 g/mol. The van der Waals surface area contributed by atoms with Crippen molar-refractivity contribution in [1.82, 2.24) is 15.1 Å². The summed E-state index contributed by atoms with van der Waals surface area (Å²) < 4.78 is 0. The molecule has 1 aromatic heterocycles. The molecule has 0 aliphatic carbocycles. The average Bonchev–Trinajstić information content (AvgIpc) is 2.84. The molecule has 0 spiro atoms. The maximum atomic E-state index is 12.6. The van der Waals surface area contributed by atoms with Crippen molar-refractivity contribution in [2.45, 2.75) is 46.1 Å². The molecular formula is C18H23N3O. The van der Waals surface area contributed by atoms with Crippen LogP contribution < -0.4 is 0 Å². The van der Waals surface area contributed by atoms with Gasteiger partial charge in [-0.3, -0.25) is 9.89 Å². The highest BCUT2D eigenvalue weighted by Crippen LogP contribution is 2.29. The third-order valence-corrected chi connectivity index (χ3v) is 4.78. The van der Waals surface area contributed by atoms with Gasteiger partial charge in [0.25, 0.3) is 0 Å². The van der Waals surface area contributed by atoms with Crippen LogP contribution in [0.4, 0.5) is 0 Å². The Morgan fingerprint density at radius 1 is 1.36 bits per heavy atom. The molecule has 22 heavy (non-hydrogen) atoms. The van der Waals surface area contributed by atoms with Crippen LogP contribution in [0.5, 0.6) is 0 Å². The number of nitrogens with zero attached hydrogens (tertiary/aromatic N) is 2. The Bertz CT molecular complexity index is 670. The Balaban J connectivity index is 1.69. The van der Waals surface area contributed by atoms with E-state index in [1.54, 1.807) is 0 Å². The van der Waals surface area contributed by atoms with Crippen molar-refractivity contribution < 1.29 is 4.79 Å². The largest absolute Gasteiger partial charge is 0.336 e. The molecule has 1 aliphatic heterocycles. The van der Waals surface area contributed by atoms with Crippen LogP contribution in [0.2, 0.25) is 0 Å². The van der Waals surface area contributed by atoms with Gasteiger partial charge in [0.15, 0.2) is 0 Å². The van der Waals surface area contributed by atoms with Crippen LogP contribution in [0.1, 0.15) is 47.5 Å². The Morgan fingerprint density at radius 2 is 2.14 bits per heavy atom. The number of aromatic amines is 1. The Morgan fingerprint density at radius 3 is 2.86 bits per heavy atom. The molecule has 1 N–H and O–H groups in total. The fourth-order valence-electron chi connectivity index (χ4n) is 3.43. The van der Waals surface area contributed by atoms with Crippen LogP contribution in [0, 0.1) is 13.8 Å². The molecule has 1 amide bonds. The van der Waals surface area contributed by atoms with Gasteiger partial charge in [0, 0.05) is 18.7 Å². The van der Waals surface area contributed by atoms with E-state index in [-0.39, 0.29) is 11.9 Å². The maximum Gasteiger partial charge on any atom is 0.223 e. The fourth-order valence-corrected chi connectivity index (χ4v) is 3.43. The maximum absolute atomic E-state index is 12.6.